The Labute approximate surface area is 145 Å². The molecule has 2 amide bonds. The maximum Gasteiger partial charge on any atom is 0.261 e. The molecule has 1 aliphatic heterocycles. The van der Waals surface area contributed by atoms with Crippen molar-refractivity contribution in [2.75, 3.05) is 38.6 Å². The van der Waals surface area contributed by atoms with Gasteiger partial charge in [-0.05, 0) is 32.3 Å². The average molecular weight is 343 g/mol. The van der Waals surface area contributed by atoms with Gasteiger partial charge in [0, 0.05) is 36.5 Å². The van der Waals surface area contributed by atoms with Crippen LogP contribution in [0.3, 0.4) is 0 Å². The molecule has 0 fully saturated rings. The minimum absolute atomic E-state index is 0.00767. The minimum atomic E-state index is -0.0663. The molecule has 1 N–H and O–H groups in total. The van der Waals surface area contributed by atoms with Crippen LogP contribution in [0.1, 0.15) is 24.9 Å². The lowest BCUT2D eigenvalue weighted by Crippen LogP contribution is -2.31. The Morgan fingerprint density at radius 1 is 1.25 bits per heavy atom. The molecule has 1 aromatic heterocycles. The molecule has 0 bridgehead atoms. The standard InChI is InChI=1S/C18H21N3O2S/c1-20(2)11-9-19-17(22)16-12-14-15(24-16)8-10-21(14)18(23)13-6-4-3-5-7-13/h3-7,12H,8-11H2,1-2H3,(H,19,22). The average Bonchev–Trinajstić information content (AvgIpc) is 3.15. The molecular weight excluding hydrogens is 322 g/mol. The van der Waals surface area contributed by atoms with Crippen molar-refractivity contribution in [3.05, 3.63) is 51.7 Å². The largest absolute Gasteiger partial charge is 0.350 e. The van der Waals surface area contributed by atoms with Crippen LogP contribution in [0.2, 0.25) is 0 Å². The van der Waals surface area contributed by atoms with Gasteiger partial charge in [0.2, 0.25) is 0 Å². The van der Waals surface area contributed by atoms with Crippen LogP contribution < -0.4 is 10.2 Å². The molecule has 0 unspecified atom stereocenters. The van der Waals surface area contributed by atoms with Gasteiger partial charge in [0.25, 0.3) is 11.8 Å². The van der Waals surface area contributed by atoms with Crippen molar-refractivity contribution in [3.8, 4) is 0 Å². The summed E-state index contributed by atoms with van der Waals surface area (Å²) in [5.74, 6) is -0.0740. The number of anilines is 1. The summed E-state index contributed by atoms with van der Waals surface area (Å²) in [6, 6.07) is 11.1. The van der Waals surface area contributed by atoms with Crippen LogP contribution in [0.4, 0.5) is 5.69 Å². The summed E-state index contributed by atoms with van der Waals surface area (Å²) in [5, 5.41) is 2.92. The van der Waals surface area contributed by atoms with Gasteiger partial charge in [-0.25, -0.2) is 0 Å². The van der Waals surface area contributed by atoms with Gasteiger partial charge in [-0.15, -0.1) is 11.3 Å². The molecular formula is C18H21N3O2S. The molecule has 6 heteroatoms. The summed E-state index contributed by atoms with van der Waals surface area (Å²) in [5.41, 5.74) is 1.56. The first-order valence-corrected chi connectivity index (χ1v) is 8.80. The zero-order valence-electron chi connectivity index (χ0n) is 13.9. The van der Waals surface area contributed by atoms with E-state index in [0.717, 1.165) is 23.5 Å². The molecule has 0 aliphatic carbocycles. The van der Waals surface area contributed by atoms with E-state index < -0.39 is 0 Å². The van der Waals surface area contributed by atoms with Crippen LogP contribution in [-0.2, 0) is 6.42 Å². The van der Waals surface area contributed by atoms with Gasteiger partial charge >= 0.3 is 0 Å². The number of hydrogen-bond acceptors (Lipinski definition) is 4. The smallest absolute Gasteiger partial charge is 0.261 e. The lowest BCUT2D eigenvalue weighted by Gasteiger charge is -2.16. The summed E-state index contributed by atoms with van der Waals surface area (Å²) in [4.78, 5) is 30.5. The Hall–Kier alpha value is -2.18. The predicted molar refractivity (Wildman–Crippen MR) is 97.0 cm³/mol. The molecule has 24 heavy (non-hydrogen) atoms. The van der Waals surface area contributed by atoms with E-state index in [0.29, 0.717) is 23.5 Å². The molecule has 1 aromatic carbocycles. The van der Waals surface area contributed by atoms with Gasteiger partial charge in [-0.2, -0.15) is 0 Å². The van der Waals surface area contributed by atoms with Crippen molar-refractivity contribution < 1.29 is 9.59 Å². The summed E-state index contributed by atoms with van der Waals surface area (Å²) < 4.78 is 0. The molecule has 0 saturated heterocycles. The van der Waals surface area contributed by atoms with Gasteiger partial charge in [-0.3, -0.25) is 9.59 Å². The number of fused-ring (bicyclic) bond motifs is 1. The molecule has 0 saturated carbocycles. The topological polar surface area (TPSA) is 52.7 Å². The Bertz CT molecular complexity index is 740. The third-order valence-corrected chi connectivity index (χ3v) is 5.16. The summed E-state index contributed by atoms with van der Waals surface area (Å²) in [7, 11) is 3.94. The first kappa shape index (κ1) is 16.7. The highest BCUT2D eigenvalue weighted by Crippen LogP contribution is 2.36. The number of carbonyl (C=O) groups excluding carboxylic acids is 2. The minimum Gasteiger partial charge on any atom is -0.350 e. The van der Waals surface area contributed by atoms with E-state index in [1.165, 1.54) is 11.3 Å². The summed E-state index contributed by atoms with van der Waals surface area (Å²) >= 11 is 1.49. The SMILES string of the molecule is CN(C)CCNC(=O)c1cc2c(s1)CCN2C(=O)c1ccccc1. The highest BCUT2D eigenvalue weighted by atomic mass is 32.1. The lowest BCUT2D eigenvalue weighted by atomic mass is 10.2. The molecule has 2 aromatic rings. The van der Waals surface area contributed by atoms with Gasteiger partial charge in [0.15, 0.2) is 0 Å². The highest BCUT2D eigenvalue weighted by molar-refractivity contribution is 7.14. The number of benzene rings is 1. The van der Waals surface area contributed by atoms with Crippen LogP contribution in [-0.4, -0.2) is 50.4 Å². The molecule has 3 rings (SSSR count). The molecule has 0 atom stereocenters. The lowest BCUT2D eigenvalue weighted by molar-refractivity contribution is 0.0952. The van der Waals surface area contributed by atoms with E-state index in [2.05, 4.69) is 5.32 Å². The zero-order chi connectivity index (χ0) is 17.1. The van der Waals surface area contributed by atoms with Crippen molar-refractivity contribution in [2.24, 2.45) is 0 Å². The van der Waals surface area contributed by atoms with Gasteiger partial charge < -0.3 is 15.1 Å². The van der Waals surface area contributed by atoms with Crippen LogP contribution in [0.15, 0.2) is 36.4 Å². The van der Waals surface area contributed by atoms with Crippen molar-refractivity contribution in [3.63, 3.8) is 0 Å². The molecule has 0 radical (unpaired) electrons. The van der Waals surface area contributed by atoms with Crippen molar-refractivity contribution in [2.45, 2.75) is 6.42 Å². The quantitative estimate of drug-likeness (QED) is 0.906. The molecule has 126 valence electrons. The van der Waals surface area contributed by atoms with Crippen molar-refractivity contribution in [1.29, 1.82) is 0 Å². The van der Waals surface area contributed by atoms with Gasteiger partial charge in [0.1, 0.15) is 0 Å². The van der Waals surface area contributed by atoms with Gasteiger partial charge in [-0.1, -0.05) is 18.2 Å². The number of likely N-dealkylation sites (N-methyl/N-ethyl adjacent to an activating group) is 1. The molecule has 2 heterocycles. The molecule has 5 nitrogen and oxygen atoms in total. The van der Waals surface area contributed by atoms with E-state index in [4.69, 9.17) is 0 Å². The Morgan fingerprint density at radius 3 is 2.71 bits per heavy atom. The Balaban J connectivity index is 1.72. The second kappa shape index (κ2) is 7.15. The van der Waals surface area contributed by atoms with Crippen molar-refractivity contribution >= 4 is 28.8 Å². The number of carbonyl (C=O) groups is 2. The fraction of sp³-hybridized carbons (Fsp3) is 0.333. The van der Waals surface area contributed by atoms with E-state index >= 15 is 0 Å². The predicted octanol–water partition coefficient (Wildman–Crippen LogP) is 2.24. The number of nitrogens with zero attached hydrogens (tertiary/aromatic N) is 2. The number of hydrogen-bond donors (Lipinski definition) is 1. The number of amides is 2. The Kier molecular flexibility index (Phi) is 4.97. The number of thiophene rings is 1. The normalized spacial score (nSPS) is 13.2. The monoisotopic (exact) mass is 343 g/mol. The third-order valence-electron chi connectivity index (χ3n) is 3.97. The van der Waals surface area contributed by atoms with Crippen LogP contribution in [0.25, 0.3) is 0 Å². The fourth-order valence-corrected chi connectivity index (χ4v) is 3.77. The number of nitrogens with one attached hydrogen (secondary N) is 1. The molecule has 1 aliphatic rings. The second-order valence-electron chi connectivity index (χ2n) is 6.05. The summed E-state index contributed by atoms with van der Waals surface area (Å²) in [6.45, 7) is 2.09. The van der Waals surface area contributed by atoms with E-state index in [1.807, 2.05) is 55.4 Å². The van der Waals surface area contributed by atoms with E-state index in [9.17, 15) is 9.59 Å². The van der Waals surface area contributed by atoms with Crippen LogP contribution in [0.5, 0.6) is 0 Å². The third kappa shape index (κ3) is 3.49. The first-order chi connectivity index (χ1) is 11.6. The Morgan fingerprint density at radius 2 is 2.00 bits per heavy atom. The number of rotatable bonds is 5. The maximum absolute atomic E-state index is 12.7. The van der Waals surface area contributed by atoms with Crippen molar-refractivity contribution in [1.82, 2.24) is 10.2 Å². The highest BCUT2D eigenvalue weighted by Gasteiger charge is 2.29. The molecule has 0 spiro atoms. The van der Waals surface area contributed by atoms with E-state index in [1.54, 1.807) is 4.90 Å². The fourth-order valence-electron chi connectivity index (χ4n) is 2.70. The maximum atomic E-state index is 12.7. The summed E-state index contributed by atoms with van der Waals surface area (Å²) in [6.07, 6.45) is 0.809. The van der Waals surface area contributed by atoms with Crippen LogP contribution >= 0.6 is 11.3 Å². The zero-order valence-corrected chi connectivity index (χ0v) is 14.7. The van der Waals surface area contributed by atoms with Gasteiger partial charge in [0.05, 0.1) is 10.6 Å². The first-order valence-electron chi connectivity index (χ1n) is 7.99. The van der Waals surface area contributed by atoms with Crippen LogP contribution in [0, 0.1) is 0 Å². The van der Waals surface area contributed by atoms with E-state index in [-0.39, 0.29) is 11.8 Å². The second-order valence-corrected chi connectivity index (χ2v) is 7.19.